The maximum atomic E-state index is 13.1. The first-order valence-electron chi connectivity index (χ1n) is 10.7. The molecule has 1 saturated heterocycles. The van der Waals surface area contributed by atoms with Gasteiger partial charge in [-0.25, -0.2) is 0 Å². The van der Waals surface area contributed by atoms with Crippen molar-refractivity contribution in [3.8, 4) is 23.0 Å². The lowest BCUT2D eigenvalue weighted by molar-refractivity contribution is -0.164. The molecule has 2 atom stereocenters. The van der Waals surface area contributed by atoms with E-state index in [1.165, 1.54) is 0 Å². The molecule has 0 radical (unpaired) electrons. The lowest BCUT2D eigenvalue weighted by Crippen LogP contribution is -2.61. The number of nitrogens with zero attached hydrogens (tertiary/aromatic N) is 1. The van der Waals surface area contributed by atoms with E-state index < -0.39 is 6.10 Å². The zero-order valence-electron chi connectivity index (χ0n) is 19.1. The molecule has 8 heteroatoms. The van der Waals surface area contributed by atoms with Gasteiger partial charge in [-0.2, -0.15) is 0 Å². The van der Waals surface area contributed by atoms with Gasteiger partial charge in [-0.3, -0.25) is 4.79 Å². The minimum absolute atomic E-state index is 0.0904. The Morgan fingerprint density at radius 2 is 1.50 bits per heavy atom. The summed E-state index contributed by atoms with van der Waals surface area (Å²) in [6, 6.07) is 18.0. The fraction of sp³-hybridized carbons (Fsp3) is 0.269. The average Bonchev–Trinajstić information content (AvgIpc) is 2.87. The highest BCUT2D eigenvalue weighted by molar-refractivity contribution is 6.42. The number of benzene rings is 3. The van der Waals surface area contributed by atoms with Gasteiger partial charge in [0.2, 0.25) is 6.10 Å². The number of carbonyl (C=O) groups excluding carboxylic acids is 1. The second-order valence-corrected chi connectivity index (χ2v) is 8.62. The lowest BCUT2D eigenvalue weighted by atomic mass is 9.90. The molecule has 178 valence electrons. The molecule has 3 aromatic rings. The highest BCUT2D eigenvalue weighted by Gasteiger charge is 2.50. The summed E-state index contributed by atoms with van der Waals surface area (Å²) in [5.74, 6) is 2.52. The van der Waals surface area contributed by atoms with E-state index in [0.29, 0.717) is 46.0 Å². The van der Waals surface area contributed by atoms with Crippen LogP contribution < -0.4 is 18.9 Å². The molecule has 0 bridgehead atoms. The van der Waals surface area contributed by atoms with Gasteiger partial charge in [0.05, 0.1) is 31.4 Å². The van der Waals surface area contributed by atoms with Crippen LogP contribution in [0.25, 0.3) is 0 Å². The van der Waals surface area contributed by atoms with Crippen molar-refractivity contribution in [3.63, 3.8) is 0 Å². The van der Waals surface area contributed by atoms with Gasteiger partial charge < -0.3 is 23.8 Å². The number of methoxy groups -OCH3 is 3. The summed E-state index contributed by atoms with van der Waals surface area (Å²) in [4.78, 5) is 14.9. The summed E-state index contributed by atoms with van der Waals surface area (Å²) in [7, 11) is 4.80. The summed E-state index contributed by atoms with van der Waals surface area (Å²) < 4.78 is 22.0. The molecule has 0 unspecified atom stereocenters. The van der Waals surface area contributed by atoms with Crippen molar-refractivity contribution in [2.45, 2.75) is 18.6 Å². The van der Waals surface area contributed by atoms with Crippen LogP contribution in [-0.2, 0) is 11.2 Å². The third kappa shape index (κ3) is 4.88. The maximum Gasteiger partial charge on any atom is 0.266 e. The minimum atomic E-state index is -0.670. The van der Waals surface area contributed by atoms with Gasteiger partial charge in [-0.1, -0.05) is 35.3 Å². The zero-order valence-corrected chi connectivity index (χ0v) is 20.6. The van der Waals surface area contributed by atoms with Crippen molar-refractivity contribution in [2.24, 2.45) is 0 Å². The number of carbonyl (C=O) groups is 1. The molecule has 1 aliphatic heterocycles. The fourth-order valence-electron chi connectivity index (χ4n) is 4.02. The van der Waals surface area contributed by atoms with Gasteiger partial charge >= 0.3 is 0 Å². The normalized spacial score (nSPS) is 17.2. The quantitative estimate of drug-likeness (QED) is 0.357. The summed E-state index contributed by atoms with van der Waals surface area (Å²) in [6.45, 7) is 0.502. The topological polar surface area (TPSA) is 57.2 Å². The number of halogens is 2. The lowest BCUT2D eigenvalue weighted by Gasteiger charge is -2.47. The van der Waals surface area contributed by atoms with Crippen molar-refractivity contribution in [2.75, 3.05) is 27.9 Å². The van der Waals surface area contributed by atoms with E-state index in [9.17, 15) is 4.79 Å². The molecule has 34 heavy (non-hydrogen) atoms. The van der Waals surface area contributed by atoms with Crippen molar-refractivity contribution in [3.05, 3.63) is 81.8 Å². The van der Waals surface area contributed by atoms with E-state index in [-0.39, 0.29) is 11.9 Å². The summed E-state index contributed by atoms with van der Waals surface area (Å²) in [6.07, 6.45) is -0.0323. The minimum Gasteiger partial charge on any atom is -0.497 e. The molecule has 1 fully saturated rings. The molecule has 0 aliphatic carbocycles. The van der Waals surface area contributed by atoms with Gasteiger partial charge in [0.1, 0.15) is 17.5 Å². The second kappa shape index (κ2) is 10.5. The Bertz CT molecular complexity index is 1170. The Labute approximate surface area is 208 Å². The third-order valence-corrected chi connectivity index (χ3v) is 6.59. The van der Waals surface area contributed by atoms with Crippen molar-refractivity contribution in [1.82, 2.24) is 4.90 Å². The van der Waals surface area contributed by atoms with Crippen LogP contribution in [0.4, 0.5) is 0 Å². The van der Waals surface area contributed by atoms with E-state index in [1.54, 1.807) is 62.6 Å². The molecular weight excluding hydrogens is 477 g/mol. The molecule has 0 N–H and O–H groups in total. The Morgan fingerprint density at radius 1 is 0.794 bits per heavy atom. The summed E-state index contributed by atoms with van der Waals surface area (Å²) >= 11 is 12.4. The smallest absolute Gasteiger partial charge is 0.266 e. The molecule has 1 heterocycles. The van der Waals surface area contributed by atoms with Crippen LogP contribution in [0.3, 0.4) is 0 Å². The largest absolute Gasteiger partial charge is 0.497 e. The summed E-state index contributed by atoms with van der Waals surface area (Å²) in [5.41, 5.74) is 1.89. The van der Waals surface area contributed by atoms with Crippen LogP contribution in [0.2, 0.25) is 10.0 Å². The zero-order chi connectivity index (χ0) is 24.2. The number of amides is 1. The SMILES string of the molecule is COc1ccc(O[C@@H]2C(=O)N(CCc3ccc(OC)c(OC)c3)[C@@H]2c2ccc(Cl)c(Cl)c2)cc1. The van der Waals surface area contributed by atoms with Crippen LogP contribution in [0.5, 0.6) is 23.0 Å². The van der Waals surface area contributed by atoms with E-state index in [1.807, 2.05) is 24.3 Å². The standard InChI is InChI=1S/C26H25Cl2NO5/c1-31-18-6-8-19(9-7-18)34-25-24(17-5-10-20(27)21(28)15-17)29(26(25)30)13-12-16-4-11-22(32-2)23(14-16)33-3/h4-11,14-15,24-25H,12-13H2,1-3H3/t24-,25+/m1/s1. The van der Waals surface area contributed by atoms with E-state index in [2.05, 4.69) is 0 Å². The van der Waals surface area contributed by atoms with Crippen LogP contribution in [-0.4, -0.2) is 44.8 Å². The third-order valence-electron chi connectivity index (χ3n) is 5.85. The highest BCUT2D eigenvalue weighted by atomic mass is 35.5. The van der Waals surface area contributed by atoms with Crippen LogP contribution in [0.1, 0.15) is 17.2 Å². The monoisotopic (exact) mass is 501 g/mol. The van der Waals surface area contributed by atoms with Crippen molar-refractivity contribution >= 4 is 29.1 Å². The first kappa shape index (κ1) is 24.0. The number of ether oxygens (including phenoxy) is 4. The highest BCUT2D eigenvalue weighted by Crippen LogP contribution is 2.40. The maximum absolute atomic E-state index is 13.1. The molecule has 4 rings (SSSR count). The Morgan fingerprint density at radius 3 is 2.15 bits per heavy atom. The first-order valence-corrected chi connectivity index (χ1v) is 11.5. The van der Waals surface area contributed by atoms with Gasteiger partial charge in [0, 0.05) is 6.54 Å². The van der Waals surface area contributed by atoms with Crippen LogP contribution >= 0.6 is 23.2 Å². The molecule has 1 aliphatic rings. The van der Waals surface area contributed by atoms with Crippen molar-refractivity contribution in [1.29, 1.82) is 0 Å². The van der Waals surface area contributed by atoms with Crippen LogP contribution in [0.15, 0.2) is 60.7 Å². The number of hydrogen-bond acceptors (Lipinski definition) is 5. The number of rotatable bonds is 9. The fourth-order valence-corrected chi connectivity index (χ4v) is 4.33. The molecule has 0 saturated carbocycles. The van der Waals surface area contributed by atoms with Crippen molar-refractivity contribution < 1.29 is 23.7 Å². The molecule has 6 nitrogen and oxygen atoms in total. The van der Waals surface area contributed by atoms with E-state index in [0.717, 1.165) is 11.1 Å². The Hall–Kier alpha value is -3.09. The van der Waals surface area contributed by atoms with E-state index in [4.69, 9.17) is 42.1 Å². The number of likely N-dealkylation sites (tertiary alicyclic amines) is 1. The number of β-lactam (4-membered cyclic amide) rings is 1. The van der Waals surface area contributed by atoms with Crippen LogP contribution in [0, 0.1) is 0 Å². The second-order valence-electron chi connectivity index (χ2n) is 7.80. The Balaban J connectivity index is 1.55. The van der Waals surface area contributed by atoms with Gasteiger partial charge in [-0.05, 0) is 66.1 Å². The molecular formula is C26H25Cl2NO5. The van der Waals surface area contributed by atoms with E-state index >= 15 is 0 Å². The van der Waals surface area contributed by atoms with Gasteiger partial charge in [0.25, 0.3) is 5.91 Å². The predicted octanol–water partition coefficient (Wildman–Crippen LogP) is 5.59. The van der Waals surface area contributed by atoms with Gasteiger partial charge in [-0.15, -0.1) is 0 Å². The molecule has 1 amide bonds. The predicted molar refractivity (Wildman–Crippen MR) is 132 cm³/mol. The molecule has 0 aromatic heterocycles. The van der Waals surface area contributed by atoms with Gasteiger partial charge in [0.15, 0.2) is 11.5 Å². The summed E-state index contributed by atoms with van der Waals surface area (Å²) in [5, 5.41) is 0.891. The Kier molecular flexibility index (Phi) is 7.39. The number of hydrogen-bond donors (Lipinski definition) is 0. The molecule has 3 aromatic carbocycles. The first-order chi connectivity index (χ1) is 16.4. The molecule has 0 spiro atoms. The average molecular weight is 502 g/mol.